The van der Waals surface area contributed by atoms with E-state index in [1.54, 1.807) is 40.7 Å². The lowest BCUT2D eigenvalue weighted by atomic mass is 9.96. The zero-order chi connectivity index (χ0) is 25.8. The van der Waals surface area contributed by atoms with Gasteiger partial charge in [-0.3, -0.25) is 9.69 Å². The van der Waals surface area contributed by atoms with E-state index < -0.39 is 10.0 Å². The molecular formula is C26H30ClN5O4S. The summed E-state index contributed by atoms with van der Waals surface area (Å²) in [6, 6.07) is 13.7. The molecule has 3 aromatic rings. The fourth-order valence-electron chi connectivity index (χ4n) is 4.79. The first-order valence-electron chi connectivity index (χ1n) is 12.6. The van der Waals surface area contributed by atoms with Crippen LogP contribution in [-0.4, -0.2) is 59.8 Å². The minimum Gasteiger partial charge on any atom is -0.338 e. The number of hydrogen-bond acceptors (Lipinski definition) is 7. The lowest BCUT2D eigenvalue weighted by Gasteiger charge is -2.30. The van der Waals surface area contributed by atoms with Crippen LogP contribution in [0.5, 0.6) is 0 Å². The second kappa shape index (κ2) is 11.3. The number of likely N-dealkylation sites (tertiary alicyclic amines) is 1. The van der Waals surface area contributed by atoms with E-state index in [-0.39, 0.29) is 16.7 Å². The fourth-order valence-corrected chi connectivity index (χ4v) is 6.43. The van der Waals surface area contributed by atoms with Gasteiger partial charge in [-0.05, 0) is 87.3 Å². The van der Waals surface area contributed by atoms with Gasteiger partial charge in [0.25, 0.3) is 0 Å². The number of halogens is 1. The van der Waals surface area contributed by atoms with E-state index >= 15 is 0 Å². The number of carbonyl (C=O) groups is 1. The third-order valence-corrected chi connectivity index (χ3v) is 9.13. The van der Waals surface area contributed by atoms with Crippen molar-refractivity contribution in [1.29, 1.82) is 0 Å². The first kappa shape index (κ1) is 25.8. The van der Waals surface area contributed by atoms with Crippen molar-refractivity contribution in [3.05, 3.63) is 59.4 Å². The van der Waals surface area contributed by atoms with E-state index in [1.165, 1.54) is 0 Å². The van der Waals surface area contributed by atoms with Crippen LogP contribution in [0.2, 0.25) is 5.02 Å². The van der Waals surface area contributed by atoms with E-state index in [4.69, 9.17) is 16.1 Å². The van der Waals surface area contributed by atoms with Gasteiger partial charge in [-0.15, -0.1) is 0 Å². The van der Waals surface area contributed by atoms with Crippen LogP contribution in [0.25, 0.3) is 11.4 Å². The number of amides is 1. The molecule has 1 aromatic heterocycles. The van der Waals surface area contributed by atoms with Crippen LogP contribution in [-0.2, 0) is 21.4 Å². The fraction of sp³-hybridized carbons (Fsp3) is 0.423. The highest BCUT2D eigenvalue weighted by Gasteiger charge is 2.28. The zero-order valence-electron chi connectivity index (χ0n) is 20.5. The second-order valence-electron chi connectivity index (χ2n) is 9.55. The summed E-state index contributed by atoms with van der Waals surface area (Å²) >= 11 is 5.94. The van der Waals surface area contributed by atoms with Gasteiger partial charge in [0.15, 0.2) is 0 Å². The summed E-state index contributed by atoms with van der Waals surface area (Å²) in [5.74, 6) is 0.901. The molecule has 0 saturated carbocycles. The first-order valence-corrected chi connectivity index (χ1v) is 14.4. The Morgan fingerprint density at radius 3 is 2.32 bits per heavy atom. The number of piperidine rings is 2. The van der Waals surface area contributed by atoms with Gasteiger partial charge in [0.1, 0.15) is 0 Å². The maximum absolute atomic E-state index is 12.8. The summed E-state index contributed by atoms with van der Waals surface area (Å²) in [5.41, 5.74) is 1.44. The molecule has 2 fully saturated rings. The van der Waals surface area contributed by atoms with Crippen molar-refractivity contribution in [3.63, 3.8) is 0 Å². The number of anilines is 1. The predicted molar refractivity (Wildman–Crippen MR) is 140 cm³/mol. The smallest absolute Gasteiger partial charge is 0.243 e. The van der Waals surface area contributed by atoms with E-state index in [0.29, 0.717) is 54.9 Å². The Morgan fingerprint density at radius 1 is 0.973 bits per heavy atom. The molecule has 2 aliphatic heterocycles. The molecule has 1 N–H and O–H groups in total. The number of benzene rings is 2. The number of nitrogens with zero attached hydrogens (tertiary/aromatic N) is 4. The predicted octanol–water partition coefficient (Wildman–Crippen LogP) is 4.42. The molecule has 0 atom stereocenters. The van der Waals surface area contributed by atoms with Crippen LogP contribution in [0.3, 0.4) is 0 Å². The Hall–Kier alpha value is -2.79. The molecule has 0 spiro atoms. The van der Waals surface area contributed by atoms with Crippen molar-refractivity contribution >= 4 is 33.2 Å². The van der Waals surface area contributed by atoms with Crippen molar-refractivity contribution in [1.82, 2.24) is 19.3 Å². The normalized spacial score (nSPS) is 18.1. The Bertz CT molecular complexity index is 1310. The number of sulfonamides is 1. The van der Waals surface area contributed by atoms with Crippen LogP contribution >= 0.6 is 11.6 Å². The number of aromatic nitrogens is 2. The van der Waals surface area contributed by atoms with Crippen LogP contribution in [0.15, 0.2) is 57.9 Å². The van der Waals surface area contributed by atoms with Crippen LogP contribution in [0.1, 0.15) is 38.0 Å². The molecule has 2 saturated heterocycles. The van der Waals surface area contributed by atoms with Crippen LogP contribution in [0.4, 0.5) is 5.69 Å². The Balaban J connectivity index is 1.11. The third kappa shape index (κ3) is 6.20. The summed E-state index contributed by atoms with van der Waals surface area (Å²) < 4.78 is 32.6. The average Bonchev–Trinajstić information content (AvgIpc) is 3.39. The number of hydrogen-bond donors (Lipinski definition) is 1. The number of carbonyl (C=O) groups excluding carboxylic acids is 1. The summed E-state index contributed by atoms with van der Waals surface area (Å²) in [5, 5.41) is 7.65. The Labute approximate surface area is 221 Å². The van der Waals surface area contributed by atoms with Gasteiger partial charge >= 0.3 is 0 Å². The quantitative estimate of drug-likeness (QED) is 0.470. The third-order valence-electron chi connectivity index (χ3n) is 6.96. The largest absolute Gasteiger partial charge is 0.338 e. The van der Waals surface area contributed by atoms with Crippen molar-refractivity contribution in [2.75, 3.05) is 31.5 Å². The number of nitrogens with one attached hydrogen (secondary N) is 1. The molecule has 9 nitrogen and oxygen atoms in total. The highest BCUT2D eigenvalue weighted by molar-refractivity contribution is 7.89. The lowest BCUT2D eigenvalue weighted by Crippen LogP contribution is -2.37. The van der Waals surface area contributed by atoms with E-state index in [0.717, 1.165) is 37.9 Å². The summed E-state index contributed by atoms with van der Waals surface area (Å²) in [6.45, 7) is 3.14. The first-order chi connectivity index (χ1) is 17.9. The van der Waals surface area contributed by atoms with Crippen molar-refractivity contribution in [3.8, 4) is 11.4 Å². The van der Waals surface area contributed by atoms with E-state index in [9.17, 15) is 13.2 Å². The zero-order valence-corrected chi connectivity index (χ0v) is 22.0. The van der Waals surface area contributed by atoms with Crippen LogP contribution < -0.4 is 5.32 Å². The SMILES string of the molecule is O=C(Nc1ccc(S(=O)(=O)N2CCCCC2)cc1)C1CCN(Cc2nc(-c3ccc(Cl)cc3)no2)CC1. The Kier molecular flexibility index (Phi) is 7.89. The number of rotatable bonds is 7. The van der Waals surface area contributed by atoms with Crippen molar-refractivity contribution in [2.24, 2.45) is 5.92 Å². The topological polar surface area (TPSA) is 109 Å². The maximum atomic E-state index is 12.8. The summed E-state index contributed by atoms with van der Waals surface area (Å²) in [4.78, 5) is 19.8. The van der Waals surface area contributed by atoms with Gasteiger partial charge in [-0.2, -0.15) is 9.29 Å². The second-order valence-corrected chi connectivity index (χ2v) is 11.9. The van der Waals surface area contributed by atoms with E-state index in [2.05, 4.69) is 20.4 Å². The molecule has 2 aliphatic rings. The molecule has 37 heavy (non-hydrogen) atoms. The van der Waals surface area contributed by atoms with Gasteiger partial charge in [0.2, 0.25) is 27.6 Å². The molecule has 196 valence electrons. The highest BCUT2D eigenvalue weighted by atomic mass is 35.5. The molecule has 0 radical (unpaired) electrons. The molecule has 1 amide bonds. The molecular weight excluding hydrogens is 514 g/mol. The minimum atomic E-state index is -3.48. The van der Waals surface area contributed by atoms with Gasteiger partial charge in [0, 0.05) is 35.3 Å². The minimum absolute atomic E-state index is 0.0471. The molecule has 5 rings (SSSR count). The van der Waals surface area contributed by atoms with Crippen molar-refractivity contribution in [2.45, 2.75) is 43.5 Å². The molecule has 0 unspecified atom stereocenters. The monoisotopic (exact) mass is 543 g/mol. The van der Waals surface area contributed by atoms with Gasteiger partial charge in [0.05, 0.1) is 11.4 Å². The van der Waals surface area contributed by atoms with Crippen LogP contribution in [0, 0.1) is 5.92 Å². The molecule has 3 heterocycles. The molecule has 0 aliphatic carbocycles. The van der Waals surface area contributed by atoms with E-state index in [1.807, 2.05) is 12.1 Å². The molecule has 11 heteroatoms. The van der Waals surface area contributed by atoms with Gasteiger partial charge in [-0.25, -0.2) is 8.42 Å². The molecule has 2 aromatic carbocycles. The lowest BCUT2D eigenvalue weighted by molar-refractivity contribution is -0.121. The summed E-state index contributed by atoms with van der Waals surface area (Å²) in [7, 11) is -3.48. The van der Waals surface area contributed by atoms with Crippen molar-refractivity contribution < 1.29 is 17.7 Å². The molecule has 0 bridgehead atoms. The summed E-state index contributed by atoms with van der Waals surface area (Å²) in [6.07, 6.45) is 4.28. The average molecular weight is 544 g/mol. The highest BCUT2D eigenvalue weighted by Crippen LogP contribution is 2.25. The standard InChI is InChI=1S/C26H30ClN5O4S/c27-21-6-4-19(5-7-21)25-29-24(36-30-25)18-31-16-12-20(13-17-31)26(33)28-22-8-10-23(11-9-22)37(34,35)32-14-2-1-3-15-32/h4-11,20H,1-3,12-18H2,(H,28,33). The van der Waals surface area contributed by atoms with Gasteiger partial charge in [-0.1, -0.05) is 23.2 Å². The maximum Gasteiger partial charge on any atom is 0.243 e. The van der Waals surface area contributed by atoms with Gasteiger partial charge < -0.3 is 9.84 Å². The Morgan fingerprint density at radius 2 is 1.65 bits per heavy atom.